The van der Waals surface area contributed by atoms with E-state index in [9.17, 15) is 39.0 Å². The lowest BCUT2D eigenvalue weighted by atomic mass is 9.49. The molecule has 0 aliphatic heterocycles. The van der Waals surface area contributed by atoms with Gasteiger partial charge in [0, 0.05) is 5.92 Å². The molecule has 0 heterocycles. The van der Waals surface area contributed by atoms with Crippen molar-refractivity contribution in [3.05, 3.63) is 29.3 Å². The normalized spacial score (nSPS) is 36.1. The zero-order chi connectivity index (χ0) is 29.3. The number of likely N-dealkylation sites (N-methyl/N-ethyl adjacent to an activating group) is 1. The number of phenolic OH excluding ortho intramolecular Hbond substituents is 1. The number of aromatic hydroxyl groups is 1. The van der Waals surface area contributed by atoms with Crippen molar-refractivity contribution < 1.29 is 43.7 Å². The van der Waals surface area contributed by atoms with E-state index in [0.29, 0.717) is 18.4 Å². The number of phenols is 1. The Labute approximate surface area is 231 Å². The molecule has 1 aromatic rings. The summed E-state index contributed by atoms with van der Waals surface area (Å²) in [6.45, 7) is 1.71. The fourth-order valence-corrected chi connectivity index (χ4v) is 7.63. The third-order valence-corrected chi connectivity index (χ3v) is 9.52. The number of carbonyl (C=O) groups is 6. The van der Waals surface area contributed by atoms with Crippen molar-refractivity contribution in [2.24, 2.45) is 35.3 Å². The molecule has 40 heavy (non-hydrogen) atoms. The molecule has 4 aliphatic rings. The molecule has 0 spiro atoms. The number of carbonyl (C=O) groups excluding carboxylic acids is 6. The largest absolute Gasteiger partial charge is 0.507 e. The van der Waals surface area contributed by atoms with Crippen LogP contribution in [-0.2, 0) is 28.7 Å². The van der Waals surface area contributed by atoms with Crippen LogP contribution in [0.25, 0.3) is 0 Å². The maximum Gasteiger partial charge on any atom is 0.309 e. The number of ketones is 4. The molecule has 2 unspecified atom stereocenters. The van der Waals surface area contributed by atoms with E-state index in [4.69, 9.17) is 10.5 Å². The molecule has 0 radical (unpaired) electrons. The quantitative estimate of drug-likeness (QED) is 0.351. The Bertz CT molecular complexity index is 1320. The van der Waals surface area contributed by atoms with Crippen molar-refractivity contribution in [2.75, 3.05) is 14.1 Å². The van der Waals surface area contributed by atoms with Gasteiger partial charge in [0.1, 0.15) is 11.9 Å². The van der Waals surface area contributed by atoms with E-state index < -0.39 is 88.3 Å². The first-order valence-electron chi connectivity index (χ1n) is 13.7. The minimum Gasteiger partial charge on any atom is -0.507 e. The number of aliphatic hydroxyl groups is 1. The van der Waals surface area contributed by atoms with Gasteiger partial charge in [-0.15, -0.1) is 0 Å². The van der Waals surface area contributed by atoms with E-state index in [2.05, 4.69) is 0 Å². The fourth-order valence-electron chi connectivity index (χ4n) is 7.63. The molecule has 4 aliphatic carbocycles. The van der Waals surface area contributed by atoms with E-state index in [1.807, 2.05) is 0 Å². The molecular weight excluding hydrogens is 520 g/mol. The molecule has 0 bridgehead atoms. The predicted molar refractivity (Wildman–Crippen MR) is 138 cm³/mol. The van der Waals surface area contributed by atoms with Gasteiger partial charge in [0.05, 0.1) is 29.4 Å². The zero-order valence-corrected chi connectivity index (χ0v) is 22.7. The Morgan fingerprint density at radius 2 is 1.70 bits per heavy atom. The number of fused-ring (bicyclic) bond motifs is 3. The first kappa shape index (κ1) is 28.1. The first-order chi connectivity index (χ1) is 18.8. The van der Waals surface area contributed by atoms with Crippen LogP contribution in [-0.4, -0.2) is 82.0 Å². The Kier molecular flexibility index (Phi) is 6.94. The van der Waals surface area contributed by atoms with Gasteiger partial charge in [-0.3, -0.25) is 33.7 Å². The van der Waals surface area contributed by atoms with Crippen LogP contribution in [0.4, 0.5) is 0 Å². The molecule has 0 saturated heterocycles. The van der Waals surface area contributed by atoms with Crippen LogP contribution in [0.5, 0.6) is 5.75 Å². The summed E-state index contributed by atoms with van der Waals surface area (Å²) in [5.74, 6) is -14.1. The summed E-state index contributed by atoms with van der Waals surface area (Å²) in [5, 5.41) is 22.6. The van der Waals surface area contributed by atoms with Crippen molar-refractivity contribution in [2.45, 2.75) is 62.7 Å². The number of esters is 1. The Morgan fingerprint density at radius 3 is 2.30 bits per heavy atom. The highest BCUT2D eigenvalue weighted by Gasteiger charge is 2.74. The summed E-state index contributed by atoms with van der Waals surface area (Å²) < 4.78 is 6.11. The highest BCUT2D eigenvalue weighted by atomic mass is 16.5. The minimum atomic E-state index is -3.02. The summed E-state index contributed by atoms with van der Waals surface area (Å²) in [4.78, 5) is 82.5. The van der Waals surface area contributed by atoms with Crippen LogP contribution < -0.4 is 5.73 Å². The van der Waals surface area contributed by atoms with Crippen LogP contribution in [0.1, 0.15) is 60.9 Å². The number of primary amides is 1. The number of amides is 1. The fraction of sp³-hybridized carbons (Fsp3) is 0.586. The van der Waals surface area contributed by atoms with Crippen molar-refractivity contribution in [3.8, 4) is 5.75 Å². The van der Waals surface area contributed by atoms with Gasteiger partial charge in [-0.25, -0.2) is 0 Å². The van der Waals surface area contributed by atoms with Crippen LogP contribution in [0.15, 0.2) is 18.2 Å². The molecule has 3 fully saturated rings. The Balaban J connectivity index is 1.73. The summed E-state index contributed by atoms with van der Waals surface area (Å²) in [6, 6.07) is 3.08. The highest BCUT2D eigenvalue weighted by Crippen LogP contribution is 2.55. The van der Waals surface area contributed by atoms with E-state index in [-0.39, 0.29) is 11.3 Å². The number of hydrogen-bond acceptors (Lipinski definition) is 10. The Hall–Kier alpha value is -3.44. The third-order valence-electron chi connectivity index (χ3n) is 9.52. The van der Waals surface area contributed by atoms with Crippen LogP contribution in [0, 0.1) is 29.6 Å². The molecule has 8 atom stereocenters. The van der Waals surface area contributed by atoms with Crippen LogP contribution in [0.2, 0.25) is 0 Å². The number of benzene rings is 1. The zero-order valence-electron chi connectivity index (χ0n) is 22.7. The van der Waals surface area contributed by atoms with Gasteiger partial charge >= 0.3 is 5.97 Å². The molecule has 11 heteroatoms. The SMILES string of the molecule is C[C@@H]1c2cccc(O)c2C(=O)C2C(=O)[C@@]3(O)C(=O)C(C(N)=O)C(=O)[C@H](N(C)C)[C@H]3[C@H](OC(=O)C3CCCCC3)[C@H]21. The lowest BCUT2D eigenvalue weighted by molar-refractivity contribution is -0.207. The monoisotopic (exact) mass is 554 g/mol. The number of nitrogens with zero attached hydrogens (tertiary/aromatic N) is 1. The van der Waals surface area contributed by atoms with Crippen molar-refractivity contribution in [1.29, 1.82) is 0 Å². The Morgan fingerprint density at radius 1 is 1.05 bits per heavy atom. The van der Waals surface area contributed by atoms with Crippen molar-refractivity contribution in [1.82, 2.24) is 4.90 Å². The second-order valence-corrected chi connectivity index (χ2v) is 11.9. The molecule has 11 nitrogen and oxygen atoms in total. The van der Waals surface area contributed by atoms with E-state index in [1.165, 1.54) is 25.1 Å². The van der Waals surface area contributed by atoms with E-state index in [0.717, 1.165) is 19.3 Å². The molecule has 4 N–H and O–H groups in total. The minimum absolute atomic E-state index is 0.112. The summed E-state index contributed by atoms with van der Waals surface area (Å²) >= 11 is 0. The maximum atomic E-state index is 14.2. The lowest BCUT2D eigenvalue weighted by Crippen LogP contribution is -2.78. The van der Waals surface area contributed by atoms with Crippen LogP contribution in [0.3, 0.4) is 0 Å². The molecule has 214 valence electrons. The maximum absolute atomic E-state index is 14.2. The third kappa shape index (κ3) is 3.85. The van der Waals surface area contributed by atoms with Gasteiger partial charge in [-0.1, -0.05) is 38.3 Å². The molecule has 3 saturated carbocycles. The standard InChI is InChI=1S/C29H34N2O9/c1-12-14-10-7-11-15(32)17(14)22(33)18-16(12)24(40-28(38)13-8-5-4-6-9-13)20-21(31(2)3)23(34)19(27(30)37)26(36)29(20,39)25(18)35/h7,10-13,16,18-21,24,32,39H,4-6,8-9H2,1-3H3,(H2,30,37)/t12-,16+,18?,19?,20+,21-,24-,29-/m1/s1. The average Bonchev–Trinajstić information content (AvgIpc) is 2.90. The van der Waals surface area contributed by atoms with Crippen molar-refractivity contribution >= 4 is 35.0 Å². The summed E-state index contributed by atoms with van der Waals surface area (Å²) in [6.07, 6.45) is 2.36. The van der Waals surface area contributed by atoms with Gasteiger partial charge in [0.15, 0.2) is 34.7 Å². The lowest BCUT2D eigenvalue weighted by Gasteiger charge is -2.56. The number of Topliss-reactive ketones (excluding diaryl/α,β-unsaturated/α-hetero) is 4. The average molecular weight is 555 g/mol. The van der Waals surface area contributed by atoms with E-state index >= 15 is 0 Å². The van der Waals surface area contributed by atoms with Gasteiger partial charge < -0.3 is 20.7 Å². The molecular formula is C29H34N2O9. The van der Waals surface area contributed by atoms with E-state index in [1.54, 1.807) is 19.1 Å². The topological polar surface area (TPSA) is 181 Å². The number of nitrogens with two attached hydrogens (primary N) is 1. The summed E-state index contributed by atoms with van der Waals surface area (Å²) in [7, 11) is 2.96. The van der Waals surface area contributed by atoms with Crippen LogP contribution >= 0.6 is 0 Å². The molecule has 1 aromatic carbocycles. The van der Waals surface area contributed by atoms with Gasteiger partial charge in [-0.05, 0) is 44.5 Å². The number of hydrogen-bond donors (Lipinski definition) is 3. The van der Waals surface area contributed by atoms with Crippen molar-refractivity contribution in [3.63, 3.8) is 0 Å². The number of ether oxygens (including phenoxy) is 1. The van der Waals surface area contributed by atoms with Gasteiger partial charge in [-0.2, -0.15) is 0 Å². The van der Waals surface area contributed by atoms with Gasteiger partial charge in [0.25, 0.3) is 0 Å². The molecule has 1 amide bonds. The predicted octanol–water partition coefficient (Wildman–Crippen LogP) is 0.530. The highest BCUT2D eigenvalue weighted by molar-refractivity contribution is 6.32. The first-order valence-corrected chi connectivity index (χ1v) is 13.7. The second-order valence-electron chi connectivity index (χ2n) is 11.9. The smallest absolute Gasteiger partial charge is 0.309 e. The molecule has 0 aromatic heterocycles. The van der Waals surface area contributed by atoms with Gasteiger partial charge in [0.2, 0.25) is 5.91 Å². The second kappa shape index (κ2) is 9.88. The number of rotatable bonds is 4. The summed E-state index contributed by atoms with van der Waals surface area (Å²) in [5.41, 5.74) is 2.70. The molecule has 5 rings (SSSR count).